The average Bonchev–Trinajstić information content (AvgIpc) is 2.82. The predicted molar refractivity (Wildman–Crippen MR) is 149 cm³/mol. The monoisotopic (exact) mass is 540 g/mol. The number of anilines is 1. The van der Waals surface area contributed by atoms with Gasteiger partial charge in [-0.05, 0) is 76.8 Å². The van der Waals surface area contributed by atoms with Gasteiger partial charge < -0.3 is 31.1 Å². The number of carbonyl (C=O) groups excluding carboxylic acids is 4. The van der Waals surface area contributed by atoms with E-state index in [-0.39, 0.29) is 5.75 Å². The molecule has 2 aromatic carbocycles. The normalized spacial score (nSPS) is 13.5. The second-order valence-electron chi connectivity index (χ2n) is 10.6. The molecule has 10 nitrogen and oxygen atoms in total. The Morgan fingerprint density at radius 1 is 1.03 bits per heavy atom. The summed E-state index contributed by atoms with van der Waals surface area (Å²) in [4.78, 5) is 53.9. The van der Waals surface area contributed by atoms with Crippen molar-refractivity contribution < 1.29 is 29.0 Å². The van der Waals surface area contributed by atoms with Gasteiger partial charge in [-0.25, -0.2) is 4.79 Å². The molecule has 2 rings (SSSR count). The van der Waals surface area contributed by atoms with E-state index in [0.29, 0.717) is 17.7 Å². The Morgan fingerprint density at radius 3 is 2.08 bits per heavy atom. The Kier molecular flexibility index (Phi) is 10.5. The van der Waals surface area contributed by atoms with Crippen LogP contribution in [0.15, 0.2) is 42.5 Å². The maximum absolute atomic E-state index is 14.1. The van der Waals surface area contributed by atoms with Crippen LogP contribution in [0.1, 0.15) is 70.2 Å². The Labute approximate surface area is 229 Å². The summed E-state index contributed by atoms with van der Waals surface area (Å²) in [5.74, 6) is -1.99. The van der Waals surface area contributed by atoms with Crippen molar-refractivity contribution in [3.8, 4) is 5.75 Å². The molecule has 5 N–H and O–H groups in total. The zero-order valence-corrected chi connectivity index (χ0v) is 23.7. The fourth-order valence-electron chi connectivity index (χ4n) is 4.12. The van der Waals surface area contributed by atoms with Gasteiger partial charge in [0.05, 0.1) is 6.42 Å². The highest BCUT2D eigenvalue weighted by molar-refractivity contribution is 6.00. The first-order chi connectivity index (χ1) is 18.1. The highest BCUT2D eigenvalue weighted by Crippen LogP contribution is 2.30. The first kappa shape index (κ1) is 31.1. The Morgan fingerprint density at radius 2 is 1.59 bits per heavy atom. The lowest BCUT2D eigenvalue weighted by atomic mass is 9.98. The van der Waals surface area contributed by atoms with E-state index < -0.39 is 54.0 Å². The zero-order valence-electron chi connectivity index (χ0n) is 23.7. The third-order valence-electron chi connectivity index (χ3n) is 6.18. The number of phenolic OH excluding ortho intramolecular Hbond substituents is 1. The maximum Gasteiger partial charge on any atom is 0.408 e. The molecule has 0 aliphatic heterocycles. The third-order valence-corrected chi connectivity index (χ3v) is 6.18. The minimum absolute atomic E-state index is 0.00716. The van der Waals surface area contributed by atoms with Gasteiger partial charge in [0.25, 0.3) is 5.91 Å². The number of carbonyl (C=O) groups is 4. The predicted octanol–water partition coefficient (Wildman–Crippen LogP) is 4.08. The highest BCUT2D eigenvalue weighted by Gasteiger charge is 2.39. The summed E-state index contributed by atoms with van der Waals surface area (Å²) >= 11 is 0. The molecule has 0 aromatic heterocycles. The van der Waals surface area contributed by atoms with E-state index in [2.05, 4.69) is 10.6 Å². The van der Waals surface area contributed by atoms with Crippen molar-refractivity contribution in [2.75, 3.05) is 5.32 Å². The number of nitrogens with one attached hydrogen (secondary N) is 2. The van der Waals surface area contributed by atoms with Gasteiger partial charge in [-0.15, -0.1) is 0 Å². The van der Waals surface area contributed by atoms with E-state index in [0.717, 1.165) is 11.1 Å². The van der Waals surface area contributed by atoms with Crippen LogP contribution >= 0.6 is 0 Å². The van der Waals surface area contributed by atoms with E-state index in [9.17, 15) is 24.3 Å². The maximum atomic E-state index is 14.1. The van der Waals surface area contributed by atoms with Crippen molar-refractivity contribution in [3.05, 3.63) is 59.2 Å². The molecule has 0 radical (unpaired) electrons. The van der Waals surface area contributed by atoms with E-state index in [1.165, 1.54) is 17.0 Å². The fraction of sp³-hybridized carbons (Fsp3) is 0.448. The van der Waals surface area contributed by atoms with E-state index in [1.54, 1.807) is 39.8 Å². The van der Waals surface area contributed by atoms with Crippen LogP contribution in [0.2, 0.25) is 0 Å². The van der Waals surface area contributed by atoms with Crippen molar-refractivity contribution in [2.24, 2.45) is 5.73 Å². The minimum atomic E-state index is -1.38. The van der Waals surface area contributed by atoms with Crippen molar-refractivity contribution in [1.29, 1.82) is 0 Å². The molecule has 3 unspecified atom stereocenters. The lowest BCUT2D eigenvalue weighted by molar-refractivity contribution is -0.144. The lowest BCUT2D eigenvalue weighted by Crippen LogP contribution is -2.55. The largest absolute Gasteiger partial charge is 0.508 e. The number of nitrogens with zero attached hydrogens (tertiary/aromatic N) is 1. The van der Waals surface area contributed by atoms with Gasteiger partial charge in [0.2, 0.25) is 11.8 Å². The van der Waals surface area contributed by atoms with Gasteiger partial charge >= 0.3 is 6.09 Å². The molecular formula is C29H40N4O6. The molecule has 0 spiro atoms. The van der Waals surface area contributed by atoms with Gasteiger partial charge in [-0.3, -0.25) is 14.4 Å². The number of hydrogen-bond donors (Lipinski definition) is 4. The molecule has 0 saturated carbocycles. The summed E-state index contributed by atoms with van der Waals surface area (Å²) in [6.45, 7) is 12.4. The summed E-state index contributed by atoms with van der Waals surface area (Å²) in [7, 11) is 0. The number of ether oxygens (including phenoxy) is 1. The molecule has 0 heterocycles. The number of phenols is 1. The van der Waals surface area contributed by atoms with Crippen LogP contribution < -0.4 is 16.4 Å². The molecule has 0 aliphatic carbocycles. The quantitative estimate of drug-likeness (QED) is 0.356. The number of aromatic hydroxyl groups is 1. The second-order valence-corrected chi connectivity index (χ2v) is 10.6. The van der Waals surface area contributed by atoms with Crippen LogP contribution in [0.5, 0.6) is 5.75 Å². The van der Waals surface area contributed by atoms with Gasteiger partial charge in [0, 0.05) is 11.7 Å². The van der Waals surface area contributed by atoms with Crippen LogP contribution in [0.4, 0.5) is 10.5 Å². The molecule has 0 fully saturated rings. The van der Waals surface area contributed by atoms with Crippen molar-refractivity contribution in [1.82, 2.24) is 10.2 Å². The smallest absolute Gasteiger partial charge is 0.408 e. The topological polar surface area (TPSA) is 151 Å². The van der Waals surface area contributed by atoms with Crippen molar-refractivity contribution >= 4 is 29.5 Å². The Balaban J connectivity index is 2.60. The van der Waals surface area contributed by atoms with E-state index in [1.807, 2.05) is 39.0 Å². The van der Waals surface area contributed by atoms with Gasteiger partial charge in [-0.2, -0.15) is 0 Å². The van der Waals surface area contributed by atoms with Crippen LogP contribution in [-0.2, 0) is 19.1 Å². The number of nitrogens with two attached hydrogens (primary N) is 1. The molecule has 10 heteroatoms. The van der Waals surface area contributed by atoms with Crippen molar-refractivity contribution in [3.63, 3.8) is 0 Å². The van der Waals surface area contributed by atoms with Gasteiger partial charge in [0.15, 0.2) is 0 Å². The standard InChI is InChI=1S/C29H40N4O6/c1-8-19(4)33(27(37)22(16-23(30)35)31-28(38)39-29(5,6)7)25(20-12-14-21(34)15-13-20)26(36)32-24-17(2)10-9-11-18(24)3/h9-15,19,22,25,34H,8,16H2,1-7H3,(H2,30,35)(H,31,38)(H,32,36). The third kappa shape index (κ3) is 8.73. The Hall–Kier alpha value is -4.08. The molecule has 3 atom stereocenters. The zero-order chi connectivity index (χ0) is 29.5. The van der Waals surface area contributed by atoms with E-state index in [4.69, 9.17) is 10.5 Å². The fourth-order valence-corrected chi connectivity index (χ4v) is 4.12. The summed E-state index contributed by atoms with van der Waals surface area (Å²) in [6.07, 6.45) is -0.925. The van der Waals surface area contributed by atoms with Gasteiger partial charge in [-0.1, -0.05) is 37.3 Å². The molecule has 39 heavy (non-hydrogen) atoms. The first-order valence-corrected chi connectivity index (χ1v) is 12.9. The summed E-state index contributed by atoms with van der Waals surface area (Å²) < 4.78 is 5.30. The molecule has 212 valence electrons. The number of primary amides is 1. The molecule has 0 aliphatic rings. The first-order valence-electron chi connectivity index (χ1n) is 12.9. The van der Waals surface area contributed by atoms with Crippen LogP contribution in [0, 0.1) is 13.8 Å². The van der Waals surface area contributed by atoms with E-state index >= 15 is 0 Å². The molecular weight excluding hydrogens is 500 g/mol. The van der Waals surface area contributed by atoms with Crippen molar-refractivity contribution in [2.45, 2.75) is 85.0 Å². The van der Waals surface area contributed by atoms with Crippen LogP contribution in [0.3, 0.4) is 0 Å². The number of amides is 4. The molecule has 2 aromatic rings. The molecule has 0 saturated heterocycles. The van der Waals surface area contributed by atoms with Gasteiger partial charge in [0.1, 0.15) is 23.4 Å². The minimum Gasteiger partial charge on any atom is -0.508 e. The van der Waals surface area contributed by atoms with Crippen LogP contribution in [0.25, 0.3) is 0 Å². The lowest BCUT2D eigenvalue weighted by Gasteiger charge is -2.38. The summed E-state index contributed by atoms with van der Waals surface area (Å²) in [5, 5.41) is 15.3. The number of aryl methyl sites for hydroxylation is 2. The number of para-hydroxylation sites is 1. The summed E-state index contributed by atoms with van der Waals surface area (Å²) in [6, 6.07) is 8.53. The van der Waals surface area contributed by atoms with Crippen LogP contribution in [-0.4, -0.2) is 51.5 Å². The number of rotatable bonds is 10. The number of benzene rings is 2. The molecule has 4 amide bonds. The Bertz CT molecular complexity index is 1170. The second kappa shape index (κ2) is 13.1. The number of alkyl carbamates (subject to hydrolysis) is 1. The summed E-state index contributed by atoms with van der Waals surface area (Å²) in [5.41, 5.74) is 7.31. The number of hydrogen-bond acceptors (Lipinski definition) is 6. The SMILES string of the molecule is CCC(C)N(C(=O)C(CC(N)=O)NC(=O)OC(C)(C)C)C(C(=O)Nc1c(C)cccc1C)c1ccc(O)cc1. The average molecular weight is 541 g/mol. The molecule has 0 bridgehead atoms. The highest BCUT2D eigenvalue weighted by atomic mass is 16.6.